The SMILES string of the molecule is COc1ccccc1C(C)CC(=O)NCCCN1CCC(O)CC1. The first-order valence-corrected chi connectivity index (χ1v) is 8.90. The molecule has 0 aromatic heterocycles. The third kappa shape index (κ3) is 5.80. The second-order valence-corrected chi connectivity index (χ2v) is 6.62. The van der Waals surface area contributed by atoms with Crippen LogP contribution in [0.25, 0.3) is 0 Å². The molecule has 0 aliphatic carbocycles. The van der Waals surface area contributed by atoms with Crippen molar-refractivity contribution in [1.82, 2.24) is 10.2 Å². The summed E-state index contributed by atoms with van der Waals surface area (Å²) in [7, 11) is 1.66. The van der Waals surface area contributed by atoms with Crippen LogP contribution in [0.1, 0.15) is 44.1 Å². The molecule has 1 aliphatic rings. The first-order chi connectivity index (χ1) is 11.6. The molecule has 24 heavy (non-hydrogen) atoms. The van der Waals surface area contributed by atoms with Crippen LogP contribution in [-0.4, -0.2) is 55.3 Å². The molecule has 1 heterocycles. The first-order valence-electron chi connectivity index (χ1n) is 8.90. The summed E-state index contributed by atoms with van der Waals surface area (Å²) in [5.74, 6) is 1.05. The molecule has 0 saturated carbocycles. The Hall–Kier alpha value is -1.59. The second kappa shape index (κ2) is 9.64. The van der Waals surface area contributed by atoms with Gasteiger partial charge in [0, 0.05) is 26.1 Å². The van der Waals surface area contributed by atoms with Crippen LogP contribution in [0.5, 0.6) is 5.75 Å². The third-order valence-electron chi connectivity index (χ3n) is 4.69. The molecule has 2 N–H and O–H groups in total. The van der Waals surface area contributed by atoms with Gasteiger partial charge in [-0.15, -0.1) is 0 Å². The van der Waals surface area contributed by atoms with E-state index in [9.17, 15) is 9.90 Å². The maximum Gasteiger partial charge on any atom is 0.220 e. The number of nitrogens with zero attached hydrogens (tertiary/aromatic N) is 1. The number of aliphatic hydroxyl groups excluding tert-OH is 1. The summed E-state index contributed by atoms with van der Waals surface area (Å²) in [6.45, 7) is 5.65. The van der Waals surface area contributed by atoms with E-state index in [2.05, 4.69) is 17.1 Å². The van der Waals surface area contributed by atoms with Gasteiger partial charge in [-0.1, -0.05) is 25.1 Å². The number of benzene rings is 1. The van der Waals surface area contributed by atoms with Crippen molar-refractivity contribution in [2.24, 2.45) is 0 Å². The number of hydrogen-bond donors (Lipinski definition) is 2. The van der Waals surface area contributed by atoms with E-state index in [0.29, 0.717) is 13.0 Å². The highest BCUT2D eigenvalue weighted by atomic mass is 16.5. The number of rotatable bonds is 8. The van der Waals surface area contributed by atoms with Crippen molar-refractivity contribution in [2.45, 2.75) is 44.6 Å². The number of nitrogens with one attached hydrogen (secondary N) is 1. The minimum absolute atomic E-state index is 0.0856. The summed E-state index contributed by atoms with van der Waals surface area (Å²) in [6, 6.07) is 7.86. The molecule has 1 saturated heterocycles. The van der Waals surface area contributed by atoms with Gasteiger partial charge in [0.05, 0.1) is 13.2 Å². The Kier molecular flexibility index (Phi) is 7.53. The summed E-state index contributed by atoms with van der Waals surface area (Å²) < 4.78 is 5.37. The van der Waals surface area contributed by atoms with E-state index in [1.54, 1.807) is 7.11 Å². The molecular formula is C19H30N2O3. The fourth-order valence-corrected chi connectivity index (χ4v) is 3.21. The predicted molar refractivity (Wildman–Crippen MR) is 95.3 cm³/mol. The van der Waals surface area contributed by atoms with Crippen LogP contribution in [0.3, 0.4) is 0 Å². The standard InChI is InChI=1S/C19H30N2O3/c1-15(17-6-3-4-7-18(17)24-2)14-19(23)20-10-5-11-21-12-8-16(22)9-13-21/h3-4,6-7,15-16,22H,5,8-14H2,1-2H3,(H,20,23). The maximum atomic E-state index is 12.1. The Bertz CT molecular complexity index is 513. The highest BCUT2D eigenvalue weighted by molar-refractivity contribution is 5.76. The molecule has 1 aromatic carbocycles. The third-order valence-corrected chi connectivity index (χ3v) is 4.69. The highest BCUT2D eigenvalue weighted by Gasteiger charge is 2.17. The normalized spacial score (nSPS) is 17.5. The lowest BCUT2D eigenvalue weighted by Gasteiger charge is -2.29. The smallest absolute Gasteiger partial charge is 0.220 e. The molecule has 0 bridgehead atoms. The van der Waals surface area contributed by atoms with Crippen LogP contribution in [0.15, 0.2) is 24.3 Å². The van der Waals surface area contributed by atoms with E-state index in [-0.39, 0.29) is 17.9 Å². The minimum Gasteiger partial charge on any atom is -0.496 e. The number of aliphatic hydroxyl groups is 1. The van der Waals surface area contributed by atoms with Gasteiger partial charge in [-0.05, 0) is 43.4 Å². The van der Waals surface area contributed by atoms with Gasteiger partial charge >= 0.3 is 0 Å². The number of ether oxygens (including phenoxy) is 1. The van der Waals surface area contributed by atoms with E-state index in [1.165, 1.54) is 0 Å². The van der Waals surface area contributed by atoms with Gasteiger partial charge in [0.1, 0.15) is 5.75 Å². The van der Waals surface area contributed by atoms with Crippen molar-refractivity contribution in [1.29, 1.82) is 0 Å². The highest BCUT2D eigenvalue weighted by Crippen LogP contribution is 2.28. The zero-order valence-electron chi connectivity index (χ0n) is 14.8. The Morgan fingerprint density at radius 2 is 2.08 bits per heavy atom. The van der Waals surface area contributed by atoms with Crippen molar-refractivity contribution >= 4 is 5.91 Å². The van der Waals surface area contributed by atoms with Crippen molar-refractivity contribution in [3.05, 3.63) is 29.8 Å². The van der Waals surface area contributed by atoms with Gasteiger partial charge < -0.3 is 20.1 Å². The first kappa shape index (κ1) is 18.7. The quantitative estimate of drug-likeness (QED) is 0.715. The zero-order valence-corrected chi connectivity index (χ0v) is 14.8. The largest absolute Gasteiger partial charge is 0.496 e. The molecule has 2 rings (SSSR count). The Morgan fingerprint density at radius 3 is 2.79 bits per heavy atom. The molecule has 5 heteroatoms. The number of likely N-dealkylation sites (tertiary alicyclic amines) is 1. The summed E-state index contributed by atoms with van der Waals surface area (Å²) in [4.78, 5) is 14.5. The number of carbonyl (C=O) groups is 1. The van der Waals surface area contributed by atoms with Crippen LogP contribution < -0.4 is 10.1 Å². The number of para-hydroxylation sites is 1. The number of hydrogen-bond acceptors (Lipinski definition) is 4. The van der Waals surface area contributed by atoms with Crippen LogP contribution >= 0.6 is 0 Å². The van der Waals surface area contributed by atoms with Crippen molar-refractivity contribution < 1.29 is 14.6 Å². The summed E-state index contributed by atoms with van der Waals surface area (Å²) >= 11 is 0. The predicted octanol–water partition coefficient (Wildman–Crippen LogP) is 2.15. The number of methoxy groups -OCH3 is 1. The second-order valence-electron chi connectivity index (χ2n) is 6.62. The molecule has 5 nitrogen and oxygen atoms in total. The monoisotopic (exact) mass is 334 g/mol. The van der Waals surface area contributed by atoms with Gasteiger partial charge in [-0.2, -0.15) is 0 Å². The summed E-state index contributed by atoms with van der Waals surface area (Å²) in [5.41, 5.74) is 1.07. The topological polar surface area (TPSA) is 61.8 Å². The van der Waals surface area contributed by atoms with Crippen LogP contribution in [0.4, 0.5) is 0 Å². The Labute approximate surface area is 145 Å². The van der Waals surface area contributed by atoms with Gasteiger partial charge in [0.2, 0.25) is 5.91 Å². The minimum atomic E-state index is -0.127. The van der Waals surface area contributed by atoms with Gasteiger partial charge in [0.15, 0.2) is 0 Å². The average molecular weight is 334 g/mol. The van der Waals surface area contributed by atoms with E-state index < -0.39 is 0 Å². The lowest BCUT2D eigenvalue weighted by Crippen LogP contribution is -2.37. The lowest BCUT2D eigenvalue weighted by atomic mass is 9.96. The molecule has 134 valence electrons. The van der Waals surface area contributed by atoms with Crippen molar-refractivity contribution in [2.75, 3.05) is 33.3 Å². The van der Waals surface area contributed by atoms with Gasteiger partial charge in [-0.25, -0.2) is 0 Å². The van der Waals surface area contributed by atoms with E-state index in [4.69, 9.17) is 4.74 Å². The molecule has 1 fully saturated rings. The van der Waals surface area contributed by atoms with E-state index in [0.717, 1.165) is 50.2 Å². The molecule has 0 spiro atoms. The zero-order chi connectivity index (χ0) is 17.4. The fraction of sp³-hybridized carbons (Fsp3) is 0.632. The molecule has 1 aliphatic heterocycles. The van der Waals surface area contributed by atoms with Crippen LogP contribution in [-0.2, 0) is 4.79 Å². The van der Waals surface area contributed by atoms with E-state index in [1.807, 2.05) is 24.3 Å². The van der Waals surface area contributed by atoms with E-state index >= 15 is 0 Å². The number of carbonyl (C=O) groups excluding carboxylic acids is 1. The maximum absolute atomic E-state index is 12.1. The van der Waals surface area contributed by atoms with Crippen molar-refractivity contribution in [3.8, 4) is 5.75 Å². The fourth-order valence-electron chi connectivity index (χ4n) is 3.21. The summed E-state index contributed by atoms with van der Waals surface area (Å²) in [6.07, 6.45) is 3.02. The lowest BCUT2D eigenvalue weighted by molar-refractivity contribution is -0.121. The molecule has 1 unspecified atom stereocenters. The van der Waals surface area contributed by atoms with Gasteiger partial charge in [0.25, 0.3) is 0 Å². The van der Waals surface area contributed by atoms with Crippen molar-refractivity contribution in [3.63, 3.8) is 0 Å². The average Bonchev–Trinajstić information content (AvgIpc) is 2.60. The number of amides is 1. The molecular weight excluding hydrogens is 304 g/mol. The Morgan fingerprint density at radius 1 is 1.38 bits per heavy atom. The van der Waals surface area contributed by atoms with Crippen LogP contribution in [0, 0.1) is 0 Å². The molecule has 1 atom stereocenters. The van der Waals surface area contributed by atoms with Crippen LogP contribution in [0.2, 0.25) is 0 Å². The Balaban J connectivity index is 1.66. The molecule has 1 amide bonds. The van der Waals surface area contributed by atoms with Gasteiger partial charge in [-0.3, -0.25) is 4.79 Å². The molecule has 0 radical (unpaired) electrons. The number of piperidine rings is 1. The molecule has 1 aromatic rings. The summed E-state index contributed by atoms with van der Waals surface area (Å²) in [5, 5.41) is 12.5.